The second kappa shape index (κ2) is 6.10. The Morgan fingerprint density at radius 2 is 1.94 bits per heavy atom. The van der Waals surface area contributed by atoms with Crippen LogP contribution in [-0.2, 0) is 14.6 Å². The van der Waals surface area contributed by atoms with Crippen molar-refractivity contribution in [3.8, 4) is 0 Å². The highest BCUT2D eigenvalue weighted by atomic mass is 32.2. The van der Waals surface area contributed by atoms with Crippen molar-refractivity contribution in [1.29, 1.82) is 0 Å². The summed E-state index contributed by atoms with van der Waals surface area (Å²) >= 11 is 0. The molecule has 0 unspecified atom stereocenters. The van der Waals surface area contributed by atoms with Crippen molar-refractivity contribution in [3.63, 3.8) is 0 Å². The van der Waals surface area contributed by atoms with Gasteiger partial charge in [0.25, 0.3) is 0 Å². The molecule has 0 heterocycles. The van der Waals surface area contributed by atoms with Gasteiger partial charge < -0.3 is 9.64 Å². The lowest BCUT2D eigenvalue weighted by atomic mass is 10.3. The van der Waals surface area contributed by atoms with Crippen LogP contribution in [0, 0.1) is 0 Å². The first-order valence-corrected chi connectivity index (χ1v) is 6.77. The van der Waals surface area contributed by atoms with Crippen molar-refractivity contribution in [2.24, 2.45) is 0 Å². The van der Waals surface area contributed by atoms with Gasteiger partial charge in [0.15, 0.2) is 0 Å². The highest BCUT2D eigenvalue weighted by Gasteiger charge is 2.29. The quantitative estimate of drug-likeness (QED) is 0.796. The van der Waals surface area contributed by atoms with Gasteiger partial charge in [0.1, 0.15) is 0 Å². The summed E-state index contributed by atoms with van der Waals surface area (Å²) in [6.45, 7) is 0.784. The van der Waals surface area contributed by atoms with E-state index in [-0.39, 0.29) is 10.6 Å². The Hall–Kier alpha value is -1.21. The van der Waals surface area contributed by atoms with E-state index in [0.29, 0.717) is 13.2 Å². The number of sulfone groups is 1. The number of ether oxygens (including phenoxy) is 1. The SMILES string of the molecule is COCCN(C)c1ccccc1S(=O)(=O)C(F)F. The molecular weight excluding hydrogens is 264 g/mol. The van der Waals surface area contributed by atoms with Gasteiger partial charge in [0, 0.05) is 20.7 Å². The number of likely N-dealkylation sites (N-methyl/N-ethyl adjacent to an activating group) is 1. The molecule has 0 atom stereocenters. The number of hydrogen-bond acceptors (Lipinski definition) is 4. The third kappa shape index (κ3) is 3.17. The van der Waals surface area contributed by atoms with Crippen LogP contribution in [0.15, 0.2) is 29.2 Å². The molecule has 0 bridgehead atoms. The van der Waals surface area contributed by atoms with Crippen LogP contribution in [0.4, 0.5) is 14.5 Å². The maximum Gasteiger partial charge on any atom is 0.341 e. The van der Waals surface area contributed by atoms with E-state index < -0.39 is 15.6 Å². The maximum atomic E-state index is 12.6. The minimum atomic E-state index is -4.59. The molecule has 7 heteroatoms. The second-order valence-electron chi connectivity index (χ2n) is 3.69. The zero-order valence-electron chi connectivity index (χ0n) is 10.1. The molecule has 0 aliphatic carbocycles. The molecule has 1 aromatic carbocycles. The number of methoxy groups -OCH3 is 1. The number of rotatable bonds is 6. The van der Waals surface area contributed by atoms with Crippen molar-refractivity contribution in [2.75, 3.05) is 32.2 Å². The second-order valence-corrected chi connectivity index (χ2v) is 5.57. The van der Waals surface area contributed by atoms with Crippen LogP contribution in [0.2, 0.25) is 0 Å². The standard InChI is InChI=1S/C11H15F2NO3S/c1-14(7-8-17-2)9-5-3-4-6-10(9)18(15,16)11(12)13/h3-6,11H,7-8H2,1-2H3. The topological polar surface area (TPSA) is 46.6 Å². The normalized spacial score (nSPS) is 11.8. The third-order valence-corrected chi connectivity index (χ3v) is 3.88. The maximum absolute atomic E-state index is 12.6. The smallest absolute Gasteiger partial charge is 0.341 e. The first kappa shape index (κ1) is 14.8. The molecule has 0 radical (unpaired) electrons. The fourth-order valence-corrected chi connectivity index (χ4v) is 2.43. The predicted octanol–water partition coefficient (Wildman–Crippen LogP) is 1.77. The van der Waals surface area contributed by atoms with E-state index in [1.165, 1.54) is 25.3 Å². The molecule has 18 heavy (non-hydrogen) atoms. The summed E-state index contributed by atoms with van der Waals surface area (Å²) in [7, 11) is -1.46. The Morgan fingerprint density at radius 3 is 2.50 bits per heavy atom. The van der Waals surface area contributed by atoms with Gasteiger partial charge in [0.2, 0.25) is 9.84 Å². The number of alkyl halides is 2. The molecule has 0 aliphatic heterocycles. The lowest BCUT2D eigenvalue weighted by Crippen LogP contribution is -2.25. The van der Waals surface area contributed by atoms with Crippen LogP contribution in [0.3, 0.4) is 0 Å². The third-order valence-electron chi connectivity index (χ3n) is 2.45. The van der Waals surface area contributed by atoms with Crippen LogP contribution in [0.5, 0.6) is 0 Å². The zero-order valence-corrected chi connectivity index (χ0v) is 11.0. The average molecular weight is 279 g/mol. The van der Waals surface area contributed by atoms with Crippen molar-refractivity contribution < 1.29 is 21.9 Å². The average Bonchev–Trinajstić information content (AvgIpc) is 2.35. The minimum absolute atomic E-state index is 0.245. The number of benzene rings is 1. The molecule has 0 amide bonds. The van der Waals surface area contributed by atoms with Crippen LogP contribution < -0.4 is 4.90 Å². The Balaban J connectivity index is 3.15. The number of halogens is 2. The molecule has 0 saturated carbocycles. The van der Waals surface area contributed by atoms with Crippen molar-refractivity contribution in [2.45, 2.75) is 10.7 Å². The van der Waals surface area contributed by atoms with Gasteiger partial charge in [0.05, 0.1) is 17.2 Å². The van der Waals surface area contributed by atoms with E-state index in [1.54, 1.807) is 18.0 Å². The molecule has 0 spiro atoms. The summed E-state index contributed by atoms with van der Waals surface area (Å²) < 4.78 is 53.0. The first-order chi connectivity index (χ1) is 8.41. The van der Waals surface area contributed by atoms with Crippen molar-refractivity contribution in [3.05, 3.63) is 24.3 Å². The summed E-state index contributed by atoms with van der Waals surface area (Å²) in [5.41, 5.74) is 0.245. The van der Waals surface area contributed by atoms with Gasteiger partial charge in [-0.2, -0.15) is 8.78 Å². The molecule has 4 nitrogen and oxygen atoms in total. The van der Waals surface area contributed by atoms with Crippen molar-refractivity contribution in [1.82, 2.24) is 0 Å². The van der Waals surface area contributed by atoms with E-state index in [9.17, 15) is 17.2 Å². The van der Waals surface area contributed by atoms with Gasteiger partial charge in [-0.3, -0.25) is 0 Å². The minimum Gasteiger partial charge on any atom is -0.383 e. The number of hydrogen-bond donors (Lipinski definition) is 0. The van der Waals surface area contributed by atoms with Crippen LogP contribution >= 0.6 is 0 Å². The van der Waals surface area contributed by atoms with Gasteiger partial charge in [-0.05, 0) is 12.1 Å². The summed E-state index contributed by atoms with van der Waals surface area (Å²) in [6.07, 6.45) is 0. The molecule has 0 aromatic heterocycles. The van der Waals surface area contributed by atoms with E-state index >= 15 is 0 Å². The van der Waals surface area contributed by atoms with Crippen LogP contribution in [0.1, 0.15) is 0 Å². The molecule has 102 valence electrons. The largest absolute Gasteiger partial charge is 0.383 e. The summed E-state index contributed by atoms with van der Waals surface area (Å²) in [5.74, 6) is -3.42. The summed E-state index contributed by atoms with van der Waals surface area (Å²) in [4.78, 5) is 1.21. The molecule has 0 fully saturated rings. The predicted molar refractivity (Wildman–Crippen MR) is 64.8 cm³/mol. The zero-order chi connectivity index (χ0) is 13.8. The van der Waals surface area contributed by atoms with E-state index in [1.807, 2.05) is 0 Å². The number of anilines is 1. The highest BCUT2D eigenvalue weighted by molar-refractivity contribution is 7.91. The van der Waals surface area contributed by atoms with E-state index in [2.05, 4.69) is 0 Å². The first-order valence-electron chi connectivity index (χ1n) is 5.22. The Kier molecular flexibility index (Phi) is 5.03. The fourth-order valence-electron chi connectivity index (χ4n) is 1.46. The lowest BCUT2D eigenvalue weighted by molar-refractivity contribution is 0.206. The van der Waals surface area contributed by atoms with E-state index in [0.717, 1.165) is 0 Å². The monoisotopic (exact) mass is 279 g/mol. The summed E-state index contributed by atoms with van der Waals surface area (Å²) in [5, 5.41) is 0. The molecule has 0 aliphatic rings. The van der Waals surface area contributed by atoms with E-state index in [4.69, 9.17) is 4.74 Å². The van der Waals surface area contributed by atoms with Gasteiger partial charge in [-0.15, -0.1) is 0 Å². The molecule has 0 saturated heterocycles. The number of para-hydroxylation sites is 1. The molecular formula is C11H15F2NO3S. The lowest BCUT2D eigenvalue weighted by Gasteiger charge is -2.21. The Labute approximate surface area is 105 Å². The Bertz CT molecular complexity index is 491. The molecule has 1 aromatic rings. The van der Waals surface area contributed by atoms with Crippen molar-refractivity contribution >= 4 is 15.5 Å². The van der Waals surface area contributed by atoms with Gasteiger partial charge >= 0.3 is 5.76 Å². The molecule has 1 rings (SSSR count). The van der Waals surface area contributed by atoms with Gasteiger partial charge in [-0.1, -0.05) is 12.1 Å². The van der Waals surface area contributed by atoms with Crippen LogP contribution in [0.25, 0.3) is 0 Å². The van der Waals surface area contributed by atoms with Crippen LogP contribution in [-0.4, -0.2) is 41.5 Å². The molecule has 0 N–H and O–H groups in total. The highest BCUT2D eigenvalue weighted by Crippen LogP contribution is 2.28. The fraction of sp³-hybridized carbons (Fsp3) is 0.455. The Morgan fingerprint density at radius 1 is 1.33 bits per heavy atom. The van der Waals surface area contributed by atoms with Gasteiger partial charge in [-0.25, -0.2) is 8.42 Å². The summed E-state index contributed by atoms with van der Waals surface area (Å²) in [6, 6.07) is 5.69. The number of nitrogens with zero attached hydrogens (tertiary/aromatic N) is 1.